The molecule has 0 amide bonds. The van der Waals surface area contributed by atoms with Crippen LogP contribution in [0.25, 0.3) is 66.9 Å². The lowest BCUT2D eigenvalue weighted by Crippen LogP contribution is -2.50. The number of hydrogen-bond donors (Lipinski definition) is 3. The van der Waals surface area contributed by atoms with E-state index in [-0.39, 0.29) is 87.7 Å². The van der Waals surface area contributed by atoms with Gasteiger partial charge in [0.2, 0.25) is 17.8 Å². The lowest BCUT2D eigenvalue weighted by atomic mass is 10.1. The highest BCUT2D eigenvalue weighted by atomic mass is 19.1. The van der Waals surface area contributed by atoms with Gasteiger partial charge in [0.05, 0.1) is 35.1 Å². The molecule has 0 bridgehead atoms. The number of imidazole rings is 3. The summed E-state index contributed by atoms with van der Waals surface area (Å²) in [5, 5.41) is 9.21. The van der Waals surface area contributed by atoms with Crippen molar-refractivity contribution < 1.29 is 26.3 Å². The predicted molar refractivity (Wildman–Crippen MR) is 444 cm³/mol. The summed E-state index contributed by atoms with van der Waals surface area (Å²) in [6.45, 7) is 37.7. The molecule has 6 aliphatic rings. The number of pyridine rings is 3. The Labute approximate surface area is 677 Å². The van der Waals surface area contributed by atoms with Gasteiger partial charge in [-0.25, -0.2) is 86.2 Å². The molecule has 3 N–H and O–H groups in total. The number of fused-ring (bicyclic) bond motifs is 6. The lowest BCUT2D eigenvalue weighted by molar-refractivity contribution is 0.0769. The van der Waals surface area contributed by atoms with Crippen molar-refractivity contribution in [1.29, 1.82) is 0 Å². The van der Waals surface area contributed by atoms with Crippen molar-refractivity contribution in [3.63, 3.8) is 0 Å². The number of halogens is 6. The fourth-order valence-electron chi connectivity index (χ4n) is 18.3. The molecular weight excluding hydrogens is 1500 g/mol. The van der Waals surface area contributed by atoms with Gasteiger partial charge in [0.15, 0.2) is 34.9 Å². The number of nitrogens with one attached hydrogen (secondary N) is 3. The average Bonchev–Trinajstić information content (AvgIpc) is 1.71. The summed E-state index contributed by atoms with van der Waals surface area (Å²) < 4.78 is 95.4. The van der Waals surface area contributed by atoms with Crippen molar-refractivity contribution in [2.75, 3.05) is 94.5 Å². The Kier molecular flexibility index (Phi) is 23.2. The Balaban J connectivity index is 0.000000131. The summed E-state index contributed by atoms with van der Waals surface area (Å²) >= 11 is 0. The minimum Gasteiger partial charge on any atom is -0.326 e. The molecule has 18 rings (SSSR count). The normalized spacial score (nSPS) is 19.1. The van der Waals surface area contributed by atoms with Crippen LogP contribution in [0.2, 0.25) is 0 Å². The molecule has 612 valence electrons. The van der Waals surface area contributed by atoms with Crippen LogP contribution in [-0.4, -0.2) is 200 Å². The van der Waals surface area contributed by atoms with Crippen LogP contribution >= 0.6 is 0 Å². The van der Waals surface area contributed by atoms with E-state index in [0.717, 1.165) is 94.2 Å². The van der Waals surface area contributed by atoms with Crippen LogP contribution < -0.4 is 16.0 Å². The summed E-state index contributed by atoms with van der Waals surface area (Å²) in [5.74, 6) is 0.878. The summed E-state index contributed by atoms with van der Waals surface area (Å²) in [5.41, 5.74) is 7.05. The van der Waals surface area contributed by atoms with Crippen LogP contribution in [0.15, 0.2) is 110 Å². The first-order valence-corrected chi connectivity index (χ1v) is 41.1. The second-order valence-corrected chi connectivity index (χ2v) is 32.8. The fourth-order valence-corrected chi connectivity index (χ4v) is 18.3. The van der Waals surface area contributed by atoms with Crippen molar-refractivity contribution >= 4 is 68.4 Å². The Hall–Kier alpha value is -10.5. The van der Waals surface area contributed by atoms with Crippen LogP contribution in [0.1, 0.15) is 171 Å². The van der Waals surface area contributed by atoms with Crippen molar-refractivity contribution in [3.8, 4) is 33.8 Å². The van der Waals surface area contributed by atoms with Gasteiger partial charge >= 0.3 is 0 Å². The van der Waals surface area contributed by atoms with Gasteiger partial charge in [-0.3, -0.25) is 29.4 Å². The first kappa shape index (κ1) is 80.3. The maximum absolute atomic E-state index is 15.0. The zero-order chi connectivity index (χ0) is 81.8. The van der Waals surface area contributed by atoms with Gasteiger partial charge in [-0.15, -0.1) is 0 Å². The van der Waals surface area contributed by atoms with Gasteiger partial charge in [0.25, 0.3) is 0 Å². The first-order valence-electron chi connectivity index (χ1n) is 41.1. The van der Waals surface area contributed by atoms with Gasteiger partial charge < -0.3 is 29.7 Å². The number of nitrogens with zero attached hydrogens (tertiary/aromatic N) is 21. The standard InChI is InChI=1S/3C29H34F2N8/c3*1-17(2)39-19(4)34-28-23(30)12-21(13-25(28)39)27-24(31)15-33-29(36-27)35-26-8-7-20(14-32-26)18(3)38-11-10-37-9-5-6-22(37)16-38/h3*7-8,12-15,17-18,22H,5-6,9-11,16H2,1-4H3,(H,32,33,35,36)/t2*18-,22?;/m10./s1. The molecule has 6 saturated heterocycles. The van der Waals surface area contributed by atoms with Gasteiger partial charge in [-0.2, -0.15) is 0 Å². The minimum atomic E-state index is -0.633. The number of piperazine rings is 3. The highest BCUT2D eigenvalue weighted by molar-refractivity contribution is 5.85. The molecule has 0 aliphatic carbocycles. The second kappa shape index (κ2) is 33.8. The zero-order valence-electron chi connectivity index (χ0n) is 68.5. The highest BCUT2D eigenvalue weighted by Crippen LogP contribution is 2.38. The molecule has 4 unspecified atom stereocenters. The molecule has 24 nitrogen and oxygen atoms in total. The smallest absolute Gasteiger partial charge is 0.229 e. The van der Waals surface area contributed by atoms with E-state index in [1.54, 1.807) is 18.2 Å². The van der Waals surface area contributed by atoms with E-state index in [1.807, 2.05) is 113 Å². The van der Waals surface area contributed by atoms with Gasteiger partial charge in [-0.1, -0.05) is 18.2 Å². The Morgan fingerprint density at radius 1 is 0.325 bits per heavy atom. The van der Waals surface area contributed by atoms with Crippen LogP contribution in [0.4, 0.5) is 61.6 Å². The molecule has 9 aromatic heterocycles. The van der Waals surface area contributed by atoms with Crippen LogP contribution in [-0.2, 0) is 0 Å². The number of benzene rings is 3. The van der Waals surface area contributed by atoms with Crippen molar-refractivity contribution in [2.24, 2.45) is 0 Å². The monoisotopic (exact) mass is 1600 g/mol. The molecule has 6 aliphatic heterocycles. The van der Waals surface area contributed by atoms with Gasteiger partial charge in [-0.05, 0) is 213 Å². The molecule has 6 atom stereocenters. The highest BCUT2D eigenvalue weighted by Gasteiger charge is 2.36. The van der Waals surface area contributed by atoms with Crippen molar-refractivity contribution in [2.45, 2.75) is 176 Å². The Morgan fingerprint density at radius 3 is 0.863 bits per heavy atom. The number of hydrogen-bond acceptors (Lipinski definition) is 21. The summed E-state index contributed by atoms with van der Waals surface area (Å²) in [7, 11) is 0. The summed E-state index contributed by atoms with van der Waals surface area (Å²) in [4.78, 5) is 67.7. The predicted octanol–water partition coefficient (Wildman–Crippen LogP) is 16.9. The van der Waals surface area contributed by atoms with Crippen molar-refractivity contribution in [3.05, 3.63) is 179 Å². The molecule has 15 heterocycles. The number of aryl methyl sites for hydroxylation is 3. The van der Waals surface area contributed by atoms with E-state index in [0.29, 0.717) is 86.3 Å². The van der Waals surface area contributed by atoms with E-state index in [4.69, 9.17) is 0 Å². The average molecular weight is 1600 g/mol. The largest absolute Gasteiger partial charge is 0.326 e. The molecule has 117 heavy (non-hydrogen) atoms. The third-order valence-corrected chi connectivity index (χ3v) is 24.4. The quantitative estimate of drug-likeness (QED) is 0.0679. The van der Waals surface area contributed by atoms with Crippen LogP contribution in [0.5, 0.6) is 0 Å². The second-order valence-electron chi connectivity index (χ2n) is 32.8. The third kappa shape index (κ3) is 16.8. The topological polar surface area (TPSA) is 225 Å². The molecule has 12 aromatic rings. The Bertz CT molecular complexity index is 5040. The molecule has 0 saturated carbocycles. The fraction of sp³-hybridized carbons (Fsp3) is 0.448. The van der Waals surface area contributed by atoms with E-state index in [2.05, 4.69) is 144 Å². The number of anilines is 6. The van der Waals surface area contributed by atoms with E-state index < -0.39 is 34.9 Å². The molecule has 0 spiro atoms. The van der Waals surface area contributed by atoms with E-state index >= 15 is 0 Å². The summed E-state index contributed by atoms with van der Waals surface area (Å²) in [6, 6.07) is 23.9. The van der Waals surface area contributed by atoms with E-state index in [9.17, 15) is 26.3 Å². The molecule has 3 aromatic carbocycles. The van der Waals surface area contributed by atoms with Gasteiger partial charge in [0.1, 0.15) is 68.6 Å². The molecule has 30 heteroatoms. The maximum Gasteiger partial charge on any atom is 0.229 e. The van der Waals surface area contributed by atoms with Crippen LogP contribution in [0, 0.1) is 55.7 Å². The van der Waals surface area contributed by atoms with Crippen LogP contribution in [0.3, 0.4) is 0 Å². The minimum absolute atomic E-state index is 0.0127. The van der Waals surface area contributed by atoms with Gasteiger partial charge in [0, 0.05) is 149 Å². The Morgan fingerprint density at radius 2 is 0.607 bits per heavy atom. The maximum atomic E-state index is 15.0. The number of rotatable bonds is 18. The first-order chi connectivity index (χ1) is 56.3. The third-order valence-electron chi connectivity index (χ3n) is 24.4. The van der Waals surface area contributed by atoms with E-state index in [1.165, 1.54) is 76.4 Å². The molecule has 6 fully saturated rings. The number of aromatic nitrogens is 15. The van der Waals surface area contributed by atoms with Crippen molar-refractivity contribution in [1.82, 2.24) is 103 Å². The lowest BCUT2D eigenvalue weighted by Gasteiger charge is -2.40. The SMILES string of the molecule is Cc1nc2c(F)cc(-c3nc(Nc4ccc(C(C)N5CCN6CCCC6C5)cn4)ncc3F)cc2n1C(C)C.Cc1nc2c(F)cc(-c3nc(Nc4ccc([C@@H](C)N5CCN6CCCC6C5)cn4)ncc3F)cc2n1C(C)C.Cc1nc2c(F)cc(-c3nc(Nc4ccc([C@H](C)N5CCN6CCCC6C5)cn4)ncc3F)cc2n1C(C)C. The zero-order valence-corrected chi connectivity index (χ0v) is 68.5. The summed E-state index contributed by atoms with van der Waals surface area (Å²) in [6.07, 6.45) is 16.6. The molecule has 0 radical (unpaired) electrons. The molecular formula is C87H102F6N24.